The Hall–Kier alpha value is -2.86. The van der Waals surface area contributed by atoms with Gasteiger partial charge < -0.3 is 14.5 Å². The van der Waals surface area contributed by atoms with Gasteiger partial charge in [0.2, 0.25) is 0 Å². The minimum Gasteiger partial charge on any atom is -0.492 e. The number of ether oxygens (including phenoxy) is 1. The molecule has 4 rings (SSSR count). The maximum absolute atomic E-state index is 13.1. The molecule has 0 spiro atoms. The van der Waals surface area contributed by atoms with Crippen LogP contribution in [0.1, 0.15) is 16.6 Å². The zero-order chi connectivity index (χ0) is 20.2. The van der Waals surface area contributed by atoms with Crippen molar-refractivity contribution in [1.82, 2.24) is 4.90 Å². The molecular weight excluding hydrogens is 387 g/mol. The number of nitrogens with zero attached hydrogens (tertiary/aromatic N) is 2. The zero-order valence-electron chi connectivity index (χ0n) is 16.3. The van der Waals surface area contributed by atoms with E-state index in [1.54, 1.807) is 12.1 Å². The fourth-order valence-corrected chi connectivity index (χ4v) is 4.50. The van der Waals surface area contributed by atoms with Gasteiger partial charge in [-0.1, -0.05) is 24.3 Å². The van der Waals surface area contributed by atoms with Crippen LogP contribution in [0, 0.1) is 5.82 Å². The van der Waals surface area contributed by atoms with Crippen molar-refractivity contribution in [3.63, 3.8) is 0 Å². The fourth-order valence-electron chi connectivity index (χ4n) is 3.52. The first kappa shape index (κ1) is 19.5. The number of rotatable bonds is 5. The molecule has 2 aromatic carbocycles. The number of hydrogen-bond donors (Lipinski definition) is 0. The summed E-state index contributed by atoms with van der Waals surface area (Å²) in [5.41, 5.74) is 2.00. The monoisotopic (exact) mass is 410 g/mol. The van der Waals surface area contributed by atoms with E-state index < -0.39 is 0 Å². The number of amides is 1. The van der Waals surface area contributed by atoms with Crippen LogP contribution in [0.5, 0.6) is 5.75 Å². The van der Waals surface area contributed by atoms with Gasteiger partial charge in [-0.25, -0.2) is 4.39 Å². The van der Waals surface area contributed by atoms with Crippen molar-refractivity contribution < 1.29 is 13.9 Å². The van der Waals surface area contributed by atoms with Gasteiger partial charge in [-0.2, -0.15) is 0 Å². The molecule has 0 bridgehead atoms. The smallest absolute Gasteiger partial charge is 0.264 e. The number of para-hydroxylation sites is 2. The van der Waals surface area contributed by atoms with Gasteiger partial charge in [0, 0.05) is 31.1 Å². The molecule has 0 aliphatic carbocycles. The molecule has 0 N–H and O–H groups in total. The molecule has 150 valence electrons. The van der Waals surface area contributed by atoms with E-state index in [0.29, 0.717) is 24.6 Å². The maximum atomic E-state index is 13.1. The number of piperazine rings is 1. The lowest BCUT2D eigenvalue weighted by Crippen LogP contribution is -2.48. The topological polar surface area (TPSA) is 32.8 Å². The van der Waals surface area contributed by atoms with E-state index in [2.05, 4.69) is 11.0 Å². The number of thiophene rings is 1. The highest BCUT2D eigenvalue weighted by molar-refractivity contribution is 7.17. The van der Waals surface area contributed by atoms with E-state index in [0.717, 1.165) is 35.0 Å². The highest BCUT2D eigenvalue weighted by Gasteiger charge is 2.24. The number of anilines is 1. The normalized spacial score (nSPS) is 14.1. The van der Waals surface area contributed by atoms with Gasteiger partial charge in [0.15, 0.2) is 0 Å². The molecule has 6 heteroatoms. The Morgan fingerprint density at radius 1 is 1.00 bits per heavy atom. The average molecular weight is 411 g/mol. The first-order valence-electron chi connectivity index (χ1n) is 9.77. The van der Waals surface area contributed by atoms with Crippen LogP contribution >= 0.6 is 11.3 Å². The molecule has 3 aromatic rings. The third kappa shape index (κ3) is 4.27. The fraction of sp³-hybridized carbons (Fsp3) is 0.261. The quantitative estimate of drug-likeness (QED) is 0.599. The SMILES string of the molecule is CCOc1ccccc1N1CCN(C(=O)c2ccc(-c3ccc(F)cc3)s2)CC1. The summed E-state index contributed by atoms with van der Waals surface area (Å²) in [6.07, 6.45) is 0. The van der Waals surface area contributed by atoms with Crippen molar-refractivity contribution in [2.24, 2.45) is 0 Å². The van der Waals surface area contributed by atoms with Crippen molar-refractivity contribution in [3.8, 4) is 16.2 Å². The van der Waals surface area contributed by atoms with Crippen LogP contribution in [0.25, 0.3) is 10.4 Å². The molecular formula is C23H23FN2O2S. The van der Waals surface area contributed by atoms with Gasteiger partial charge in [0.05, 0.1) is 17.2 Å². The molecule has 0 saturated carbocycles. The molecule has 1 aliphatic rings. The average Bonchev–Trinajstić information content (AvgIpc) is 3.25. The van der Waals surface area contributed by atoms with Crippen LogP contribution < -0.4 is 9.64 Å². The molecule has 1 fully saturated rings. The summed E-state index contributed by atoms with van der Waals surface area (Å²) in [4.78, 5) is 18.8. The minimum absolute atomic E-state index is 0.0566. The van der Waals surface area contributed by atoms with Gasteiger partial charge >= 0.3 is 0 Å². The minimum atomic E-state index is -0.259. The summed E-state index contributed by atoms with van der Waals surface area (Å²) < 4.78 is 18.9. The molecule has 0 radical (unpaired) electrons. The van der Waals surface area contributed by atoms with Gasteiger partial charge in [-0.15, -0.1) is 11.3 Å². The summed E-state index contributed by atoms with van der Waals surface area (Å²) >= 11 is 1.45. The summed E-state index contributed by atoms with van der Waals surface area (Å²) in [6, 6.07) is 18.2. The number of benzene rings is 2. The summed E-state index contributed by atoms with van der Waals surface area (Å²) in [5.74, 6) is 0.684. The van der Waals surface area contributed by atoms with Crippen molar-refractivity contribution in [2.45, 2.75) is 6.92 Å². The Bertz CT molecular complexity index is 979. The predicted octanol–water partition coefficient (Wildman–Crippen LogP) is 4.92. The molecule has 1 aliphatic heterocycles. The van der Waals surface area contributed by atoms with Crippen LogP contribution in [0.3, 0.4) is 0 Å². The van der Waals surface area contributed by atoms with E-state index in [1.807, 2.05) is 42.2 Å². The van der Waals surface area contributed by atoms with Crippen LogP contribution in [0.15, 0.2) is 60.7 Å². The van der Waals surface area contributed by atoms with Gasteiger partial charge in [0.25, 0.3) is 5.91 Å². The summed E-state index contributed by atoms with van der Waals surface area (Å²) in [6.45, 7) is 5.49. The van der Waals surface area contributed by atoms with Crippen molar-refractivity contribution in [1.29, 1.82) is 0 Å². The van der Waals surface area contributed by atoms with E-state index in [1.165, 1.54) is 23.5 Å². The lowest BCUT2D eigenvalue weighted by Gasteiger charge is -2.36. The first-order chi connectivity index (χ1) is 14.2. The molecule has 4 nitrogen and oxygen atoms in total. The molecule has 1 amide bonds. The van der Waals surface area contributed by atoms with E-state index >= 15 is 0 Å². The largest absolute Gasteiger partial charge is 0.492 e. The molecule has 2 heterocycles. The van der Waals surface area contributed by atoms with E-state index in [4.69, 9.17) is 4.74 Å². The summed E-state index contributed by atoms with van der Waals surface area (Å²) in [7, 11) is 0. The lowest BCUT2D eigenvalue weighted by atomic mass is 10.2. The third-order valence-electron chi connectivity index (χ3n) is 5.02. The Labute approximate surface area is 174 Å². The predicted molar refractivity (Wildman–Crippen MR) is 115 cm³/mol. The Kier molecular flexibility index (Phi) is 5.81. The first-order valence-corrected chi connectivity index (χ1v) is 10.6. The zero-order valence-corrected chi connectivity index (χ0v) is 17.1. The van der Waals surface area contributed by atoms with Gasteiger partial charge in [0.1, 0.15) is 11.6 Å². The van der Waals surface area contributed by atoms with Crippen molar-refractivity contribution >= 4 is 22.9 Å². The molecule has 1 saturated heterocycles. The van der Waals surface area contributed by atoms with Crippen LogP contribution in [0.4, 0.5) is 10.1 Å². The van der Waals surface area contributed by atoms with Crippen LogP contribution in [-0.4, -0.2) is 43.6 Å². The number of halogens is 1. The van der Waals surface area contributed by atoms with Crippen LogP contribution in [0.2, 0.25) is 0 Å². The van der Waals surface area contributed by atoms with Crippen molar-refractivity contribution in [2.75, 3.05) is 37.7 Å². The van der Waals surface area contributed by atoms with E-state index in [9.17, 15) is 9.18 Å². The molecule has 29 heavy (non-hydrogen) atoms. The van der Waals surface area contributed by atoms with Crippen molar-refractivity contribution in [3.05, 3.63) is 71.4 Å². The second-order valence-corrected chi connectivity index (χ2v) is 7.93. The highest BCUT2D eigenvalue weighted by Crippen LogP contribution is 2.31. The Morgan fingerprint density at radius 3 is 2.45 bits per heavy atom. The van der Waals surface area contributed by atoms with Gasteiger partial charge in [-0.3, -0.25) is 4.79 Å². The molecule has 0 unspecified atom stereocenters. The third-order valence-corrected chi connectivity index (χ3v) is 6.14. The second-order valence-electron chi connectivity index (χ2n) is 6.85. The number of carbonyl (C=O) groups excluding carboxylic acids is 1. The lowest BCUT2D eigenvalue weighted by molar-refractivity contribution is 0.0751. The number of hydrogen-bond acceptors (Lipinski definition) is 4. The second kappa shape index (κ2) is 8.66. The number of carbonyl (C=O) groups is 1. The maximum Gasteiger partial charge on any atom is 0.264 e. The van der Waals surface area contributed by atoms with Crippen LogP contribution in [-0.2, 0) is 0 Å². The molecule has 0 atom stereocenters. The molecule has 1 aromatic heterocycles. The van der Waals surface area contributed by atoms with E-state index in [-0.39, 0.29) is 11.7 Å². The standard InChI is InChI=1S/C23H23FN2O2S/c1-2-28-20-6-4-3-5-19(20)25-13-15-26(16-14-25)23(27)22-12-11-21(29-22)17-7-9-18(24)10-8-17/h3-12H,2,13-16H2,1H3. The Morgan fingerprint density at radius 2 is 1.72 bits per heavy atom. The Balaban J connectivity index is 1.41. The summed E-state index contributed by atoms with van der Waals surface area (Å²) in [5, 5.41) is 0. The highest BCUT2D eigenvalue weighted by atomic mass is 32.1. The van der Waals surface area contributed by atoms with Gasteiger partial charge in [-0.05, 0) is 48.9 Å².